The van der Waals surface area contributed by atoms with Crippen LogP contribution in [0.5, 0.6) is 0 Å². The van der Waals surface area contributed by atoms with Gasteiger partial charge in [-0.3, -0.25) is 4.98 Å². The highest BCUT2D eigenvalue weighted by molar-refractivity contribution is 6.30. The van der Waals surface area contributed by atoms with Crippen molar-refractivity contribution < 1.29 is 0 Å². The number of hydrogen-bond donors (Lipinski definition) is 1. The van der Waals surface area contributed by atoms with Crippen LogP contribution in [-0.4, -0.2) is 21.3 Å². The van der Waals surface area contributed by atoms with Gasteiger partial charge < -0.3 is 5.32 Å². The summed E-state index contributed by atoms with van der Waals surface area (Å²) in [6.07, 6.45) is 8.11. The molecule has 4 nitrogen and oxygen atoms in total. The number of pyridine rings is 1. The second kappa shape index (κ2) is 5.80. The summed E-state index contributed by atoms with van der Waals surface area (Å²) in [6.45, 7) is 3.96. The fraction of sp³-hybridized carbons (Fsp3) is 0.333. The summed E-state index contributed by atoms with van der Waals surface area (Å²) in [5, 5.41) is 8.18. The summed E-state index contributed by atoms with van der Waals surface area (Å²) in [5.74, 6) is 0. The van der Waals surface area contributed by atoms with Crippen LogP contribution in [0.15, 0.2) is 30.9 Å². The van der Waals surface area contributed by atoms with Crippen molar-refractivity contribution in [1.29, 1.82) is 0 Å². The molecule has 0 atom stereocenters. The fourth-order valence-corrected chi connectivity index (χ4v) is 1.74. The van der Waals surface area contributed by atoms with E-state index in [0.717, 1.165) is 30.8 Å². The van der Waals surface area contributed by atoms with Gasteiger partial charge in [-0.25, -0.2) is 4.68 Å². The first kappa shape index (κ1) is 12.1. The van der Waals surface area contributed by atoms with Crippen molar-refractivity contribution in [2.75, 3.05) is 6.54 Å². The second-order valence-corrected chi connectivity index (χ2v) is 4.22. The Labute approximate surface area is 106 Å². The van der Waals surface area contributed by atoms with Crippen molar-refractivity contribution in [2.45, 2.75) is 19.9 Å². The van der Waals surface area contributed by atoms with E-state index in [-0.39, 0.29) is 0 Å². The molecule has 0 saturated heterocycles. The first-order chi connectivity index (χ1) is 8.31. The molecular formula is C12H15ClN4. The van der Waals surface area contributed by atoms with Gasteiger partial charge in [0.2, 0.25) is 0 Å². The van der Waals surface area contributed by atoms with Gasteiger partial charge in [0.1, 0.15) is 0 Å². The van der Waals surface area contributed by atoms with Crippen LogP contribution in [-0.2, 0) is 6.54 Å². The van der Waals surface area contributed by atoms with Gasteiger partial charge in [-0.05, 0) is 24.6 Å². The molecule has 2 rings (SSSR count). The van der Waals surface area contributed by atoms with Gasteiger partial charge in [-0.15, -0.1) is 0 Å². The van der Waals surface area contributed by atoms with Gasteiger partial charge in [0.15, 0.2) is 0 Å². The lowest BCUT2D eigenvalue weighted by atomic mass is 10.2. The maximum Gasteiger partial charge on any atom is 0.0874 e. The van der Waals surface area contributed by atoms with Crippen LogP contribution < -0.4 is 5.32 Å². The highest BCUT2D eigenvalue weighted by atomic mass is 35.5. The molecule has 5 heteroatoms. The summed E-state index contributed by atoms with van der Waals surface area (Å²) in [5.41, 5.74) is 2.12. The second-order valence-electron chi connectivity index (χ2n) is 3.78. The van der Waals surface area contributed by atoms with E-state index in [4.69, 9.17) is 11.6 Å². The molecule has 0 aliphatic rings. The van der Waals surface area contributed by atoms with E-state index in [9.17, 15) is 0 Å². The van der Waals surface area contributed by atoms with E-state index >= 15 is 0 Å². The van der Waals surface area contributed by atoms with Gasteiger partial charge in [-0.2, -0.15) is 5.10 Å². The minimum Gasteiger partial charge on any atom is -0.313 e. The van der Waals surface area contributed by atoms with Gasteiger partial charge in [-0.1, -0.05) is 18.5 Å². The Kier molecular flexibility index (Phi) is 4.12. The summed E-state index contributed by atoms with van der Waals surface area (Å²) in [6, 6.07) is 1.99. The number of hydrogen-bond acceptors (Lipinski definition) is 3. The number of nitrogens with zero attached hydrogens (tertiary/aromatic N) is 3. The summed E-state index contributed by atoms with van der Waals surface area (Å²) in [7, 11) is 0. The molecule has 0 saturated carbocycles. The van der Waals surface area contributed by atoms with Crippen LogP contribution in [0.2, 0.25) is 5.02 Å². The summed E-state index contributed by atoms with van der Waals surface area (Å²) < 4.78 is 1.75. The van der Waals surface area contributed by atoms with E-state index in [2.05, 4.69) is 22.3 Å². The highest BCUT2D eigenvalue weighted by Gasteiger charge is 2.05. The van der Waals surface area contributed by atoms with E-state index < -0.39 is 0 Å². The summed E-state index contributed by atoms with van der Waals surface area (Å²) in [4.78, 5) is 4.13. The number of nitrogens with one attached hydrogen (secondary N) is 1. The maximum absolute atomic E-state index is 5.87. The van der Waals surface area contributed by atoms with E-state index in [1.54, 1.807) is 29.5 Å². The van der Waals surface area contributed by atoms with Crippen LogP contribution in [0, 0.1) is 0 Å². The molecule has 0 radical (unpaired) electrons. The van der Waals surface area contributed by atoms with Crippen LogP contribution in [0.3, 0.4) is 0 Å². The molecule has 2 aromatic rings. The average molecular weight is 251 g/mol. The molecule has 0 aromatic carbocycles. The van der Waals surface area contributed by atoms with Crippen molar-refractivity contribution in [3.05, 3.63) is 41.4 Å². The molecule has 1 N–H and O–H groups in total. The van der Waals surface area contributed by atoms with Gasteiger partial charge in [0, 0.05) is 18.9 Å². The quantitative estimate of drug-likeness (QED) is 0.829. The average Bonchev–Trinajstić information content (AvgIpc) is 2.77. The molecular weight excluding hydrogens is 236 g/mol. The molecule has 0 unspecified atom stereocenters. The van der Waals surface area contributed by atoms with Crippen LogP contribution in [0.25, 0.3) is 5.69 Å². The normalized spacial score (nSPS) is 10.7. The largest absolute Gasteiger partial charge is 0.313 e. The topological polar surface area (TPSA) is 42.7 Å². The van der Waals surface area contributed by atoms with Crippen molar-refractivity contribution in [2.24, 2.45) is 0 Å². The molecule has 0 aliphatic carbocycles. The molecule has 0 aliphatic heterocycles. The van der Waals surface area contributed by atoms with E-state index in [0.29, 0.717) is 5.02 Å². The SMILES string of the molecule is CCCNCc1ccncc1-n1cc(Cl)cn1. The Bertz CT molecular complexity index is 481. The first-order valence-corrected chi connectivity index (χ1v) is 6.03. The van der Waals surface area contributed by atoms with Crippen LogP contribution in [0.4, 0.5) is 0 Å². The lowest BCUT2D eigenvalue weighted by molar-refractivity contribution is 0.669. The van der Waals surface area contributed by atoms with Crippen molar-refractivity contribution >= 4 is 11.6 Å². The molecule has 17 heavy (non-hydrogen) atoms. The Hall–Kier alpha value is -1.39. The van der Waals surface area contributed by atoms with Crippen LogP contribution in [0.1, 0.15) is 18.9 Å². The first-order valence-electron chi connectivity index (χ1n) is 5.65. The Morgan fingerprint density at radius 3 is 3.00 bits per heavy atom. The zero-order valence-electron chi connectivity index (χ0n) is 9.73. The zero-order chi connectivity index (χ0) is 12.1. The zero-order valence-corrected chi connectivity index (χ0v) is 10.5. The standard InChI is InChI=1S/C12H15ClN4/c1-2-4-14-6-10-3-5-15-8-12(10)17-9-11(13)7-16-17/h3,5,7-9,14H,2,4,6H2,1H3. The maximum atomic E-state index is 5.87. The predicted octanol–water partition coefficient (Wildman–Crippen LogP) is 2.42. The third-order valence-electron chi connectivity index (χ3n) is 2.43. The van der Waals surface area contributed by atoms with Crippen molar-refractivity contribution in [3.8, 4) is 5.69 Å². The number of aromatic nitrogens is 3. The van der Waals surface area contributed by atoms with Gasteiger partial charge in [0.05, 0.1) is 23.1 Å². The lowest BCUT2D eigenvalue weighted by Crippen LogP contribution is -2.15. The monoisotopic (exact) mass is 250 g/mol. The van der Waals surface area contributed by atoms with Gasteiger partial charge in [0.25, 0.3) is 0 Å². The minimum atomic E-state index is 0.626. The molecule has 0 spiro atoms. The van der Waals surface area contributed by atoms with Crippen LogP contribution >= 0.6 is 11.6 Å². The highest BCUT2D eigenvalue weighted by Crippen LogP contribution is 2.15. The molecule has 2 aromatic heterocycles. The molecule has 2 heterocycles. The van der Waals surface area contributed by atoms with E-state index in [1.807, 2.05) is 6.07 Å². The van der Waals surface area contributed by atoms with E-state index in [1.165, 1.54) is 0 Å². The Morgan fingerprint density at radius 1 is 1.41 bits per heavy atom. The molecule has 0 fully saturated rings. The minimum absolute atomic E-state index is 0.626. The lowest BCUT2D eigenvalue weighted by Gasteiger charge is -2.09. The third kappa shape index (κ3) is 3.05. The smallest absolute Gasteiger partial charge is 0.0874 e. The third-order valence-corrected chi connectivity index (χ3v) is 2.62. The predicted molar refractivity (Wildman–Crippen MR) is 68.4 cm³/mol. The van der Waals surface area contributed by atoms with Crippen molar-refractivity contribution in [3.63, 3.8) is 0 Å². The molecule has 0 amide bonds. The molecule has 90 valence electrons. The fourth-order valence-electron chi connectivity index (χ4n) is 1.60. The van der Waals surface area contributed by atoms with Gasteiger partial charge >= 0.3 is 0 Å². The number of halogens is 1. The van der Waals surface area contributed by atoms with Crippen molar-refractivity contribution in [1.82, 2.24) is 20.1 Å². The summed E-state index contributed by atoms with van der Waals surface area (Å²) >= 11 is 5.87. The Balaban J connectivity index is 2.21. The Morgan fingerprint density at radius 2 is 2.29 bits per heavy atom. The molecule has 0 bridgehead atoms. The number of rotatable bonds is 5.